The fourth-order valence-electron chi connectivity index (χ4n) is 3.76. The molecule has 2 heterocycles. The van der Waals surface area contributed by atoms with Crippen molar-refractivity contribution < 1.29 is 9.53 Å². The van der Waals surface area contributed by atoms with E-state index in [9.17, 15) is 4.79 Å². The zero-order valence-electron chi connectivity index (χ0n) is 14.3. The second-order valence-electron chi connectivity index (χ2n) is 7.28. The molecule has 1 aromatic carbocycles. The van der Waals surface area contributed by atoms with E-state index in [-0.39, 0.29) is 17.2 Å². The molecule has 1 aliphatic carbocycles. The summed E-state index contributed by atoms with van der Waals surface area (Å²) in [5.41, 5.74) is 2.52. The van der Waals surface area contributed by atoms with Gasteiger partial charge in [0.1, 0.15) is 18.1 Å². The summed E-state index contributed by atoms with van der Waals surface area (Å²) in [5.74, 6) is 1.52. The number of Topliss-reactive ketones (excluding diaryl/α,β-unsaturated/α-hetero) is 1. The first kappa shape index (κ1) is 16.3. The number of rotatable bonds is 2. The number of fused-ring (bicyclic) bond motifs is 1. The van der Waals surface area contributed by atoms with E-state index < -0.39 is 0 Å². The van der Waals surface area contributed by atoms with Crippen molar-refractivity contribution in [1.82, 2.24) is 14.8 Å². The first-order valence-corrected chi connectivity index (χ1v) is 8.95. The van der Waals surface area contributed by atoms with Crippen LogP contribution < -0.4 is 10.1 Å². The second kappa shape index (κ2) is 5.69. The highest BCUT2D eigenvalue weighted by molar-refractivity contribution is 9.10. The van der Waals surface area contributed by atoms with E-state index in [0.29, 0.717) is 12.4 Å². The minimum absolute atomic E-state index is 0.0724. The van der Waals surface area contributed by atoms with Gasteiger partial charge in [-0.1, -0.05) is 29.8 Å². The number of carbonyl (C=O) groups is 1. The highest BCUT2D eigenvalue weighted by atomic mass is 79.9. The van der Waals surface area contributed by atoms with Gasteiger partial charge < -0.3 is 10.1 Å². The number of carbonyl (C=O) groups excluding carboxylic acids is 1. The Labute approximate surface area is 154 Å². The van der Waals surface area contributed by atoms with Crippen LogP contribution in [0.2, 0.25) is 0 Å². The summed E-state index contributed by atoms with van der Waals surface area (Å²) in [4.78, 5) is 17.3. The molecule has 2 aliphatic rings. The van der Waals surface area contributed by atoms with E-state index in [4.69, 9.17) is 4.74 Å². The quantitative estimate of drug-likeness (QED) is 0.828. The molecular weight excluding hydrogens is 384 g/mol. The predicted octanol–water partition coefficient (Wildman–Crippen LogP) is 3.71. The Balaban J connectivity index is 1.95. The molecule has 6 nitrogen and oxygen atoms in total. The van der Waals surface area contributed by atoms with E-state index in [1.807, 2.05) is 18.2 Å². The summed E-state index contributed by atoms with van der Waals surface area (Å²) >= 11 is 3.53. The van der Waals surface area contributed by atoms with Gasteiger partial charge in [0.05, 0.1) is 7.11 Å². The lowest BCUT2D eigenvalue weighted by Gasteiger charge is -2.38. The molecule has 0 spiro atoms. The number of hydrogen-bond acceptors (Lipinski definition) is 5. The van der Waals surface area contributed by atoms with Crippen LogP contribution in [0.3, 0.4) is 0 Å². The molecule has 25 heavy (non-hydrogen) atoms. The van der Waals surface area contributed by atoms with E-state index in [1.54, 1.807) is 11.8 Å². The molecule has 0 bridgehead atoms. The summed E-state index contributed by atoms with van der Waals surface area (Å²) in [6.07, 6.45) is 2.83. The fourth-order valence-corrected chi connectivity index (χ4v) is 4.13. The Morgan fingerprint density at radius 2 is 2.16 bits per heavy atom. The summed E-state index contributed by atoms with van der Waals surface area (Å²) in [7, 11) is 1.64. The molecule has 1 atom stereocenters. The fraction of sp³-hybridized carbons (Fsp3) is 0.389. The van der Waals surface area contributed by atoms with Crippen LogP contribution in [0.25, 0.3) is 0 Å². The van der Waals surface area contributed by atoms with Crippen LogP contribution in [0.1, 0.15) is 38.3 Å². The Bertz CT molecular complexity index is 900. The molecule has 0 fully saturated rings. The molecule has 2 aromatic rings. The number of aromatic nitrogens is 3. The van der Waals surface area contributed by atoms with Crippen molar-refractivity contribution in [2.75, 3.05) is 12.4 Å². The lowest BCUT2D eigenvalue weighted by molar-refractivity contribution is -0.118. The minimum atomic E-state index is -0.343. The maximum Gasteiger partial charge on any atom is 0.226 e. The molecule has 7 heteroatoms. The van der Waals surface area contributed by atoms with Crippen molar-refractivity contribution in [1.29, 1.82) is 0 Å². The Kier molecular flexibility index (Phi) is 3.72. The van der Waals surface area contributed by atoms with Gasteiger partial charge in [0.15, 0.2) is 5.78 Å². The van der Waals surface area contributed by atoms with Gasteiger partial charge in [-0.2, -0.15) is 10.1 Å². The summed E-state index contributed by atoms with van der Waals surface area (Å²) < 4.78 is 8.25. The number of nitrogens with zero attached hydrogens (tertiary/aromatic N) is 3. The number of halogens is 1. The SMILES string of the molecule is COc1ccc(Br)cc1C1C2=C(CC(C)(C)CC2=O)Nc2ncnn21. The third kappa shape index (κ3) is 2.66. The summed E-state index contributed by atoms with van der Waals surface area (Å²) in [6.45, 7) is 4.23. The van der Waals surface area contributed by atoms with Gasteiger partial charge in [0.2, 0.25) is 5.95 Å². The van der Waals surface area contributed by atoms with Crippen molar-refractivity contribution >= 4 is 27.7 Å². The third-order valence-electron chi connectivity index (χ3n) is 4.76. The lowest BCUT2D eigenvalue weighted by Crippen LogP contribution is -2.36. The molecule has 1 N–H and O–H groups in total. The first-order chi connectivity index (χ1) is 11.9. The monoisotopic (exact) mass is 402 g/mol. The molecule has 0 radical (unpaired) electrons. The molecular formula is C18H19BrN4O2. The lowest BCUT2D eigenvalue weighted by atomic mass is 9.73. The number of methoxy groups -OCH3 is 1. The van der Waals surface area contributed by atoms with Crippen LogP contribution in [0.4, 0.5) is 5.95 Å². The summed E-state index contributed by atoms with van der Waals surface area (Å²) in [5, 5.41) is 7.68. The standard InChI is InChI=1S/C18H19BrN4O2/c1-18(2)7-12-15(13(24)8-18)16(23-17(22-12)20-9-21-23)11-6-10(19)4-5-14(11)25-3/h4-6,9,16H,7-8H2,1-3H3,(H,20,21,22). The van der Waals surface area contributed by atoms with Crippen molar-refractivity contribution in [3.8, 4) is 5.75 Å². The molecule has 1 aliphatic heterocycles. The molecule has 4 rings (SSSR count). The van der Waals surface area contributed by atoms with Crippen LogP contribution in [0.5, 0.6) is 5.75 Å². The van der Waals surface area contributed by atoms with Crippen molar-refractivity contribution in [2.45, 2.75) is 32.7 Å². The third-order valence-corrected chi connectivity index (χ3v) is 5.25. The smallest absolute Gasteiger partial charge is 0.226 e. The number of nitrogens with one attached hydrogen (secondary N) is 1. The van der Waals surface area contributed by atoms with E-state index >= 15 is 0 Å². The molecule has 1 aromatic heterocycles. The van der Waals surface area contributed by atoms with E-state index in [0.717, 1.165) is 33.5 Å². The Morgan fingerprint density at radius 3 is 2.92 bits per heavy atom. The van der Waals surface area contributed by atoms with Crippen molar-refractivity contribution in [3.05, 3.63) is 45.8 Å². The number of allylic oxidation sites excluding steroid dienone is 2. The number of hydrogen-bond donors (Lipinski definition) is 1. The normalized spacial score (nSPS) is 21.4. The average molecular weight is 403 g/mol. The van der Waals surface area contributed by atoms with E-state index in [1.165, 1.54) is 6.33 Å². The summed E-state index contributed by atoms with van der Waals surface area (Å²) in [6, 6.07) is 5.46. The van der Waals surface area contributed by atoms with Crippen LogP contribution >= 0.6 is 15.9 Å². The van der Waals surface area contributed by atoms with Crippen molar-refractivity contribution in [2.24, 2.45) is 5.41 Å². The molecule has 130 valence electrons. The van der Waals surface area contributed by atoms with Gasteiger partial charge in [-0.25, -0.2) is 4.68 Å². The average Bonchev–Trinajstić information content (AvgIpc) is 2.99. The Morgan fingerprint density at radius 1 is 1.36 bits per heavy atom. The van der Waals surface area contributed by atoms with Gasteiger partial charge in [0.25, 0.3) is 0 Å². The molecule has 0 saturated heterocycles. The topological polar surface area (TPSA) is 69.0 Å². The zero-order valence-corrected chi connectivity index (χ0v) is 15.9. The number of anilines is 1. The zero-order chi connectivity index (χ0) is 17.8. The van der Waals surface area contributed by atoms with Gasteiger partial charge in [-0.3, -0.25) is 4.79 Å². The minimum Gasteiger partial charge on any atom is -0.496 e. The van der Waals surface area contributed by atoms with Crippen LogP contribution in [0.15, 0.2) is 40.3 Å². The molecule has 0 amide bonds. The van der Waals surface area contributed by atoms with Crippen molar-refractivity contribution in [3.63, 3.8) is 0 Å². The largest absolute Gasteiger partial charge is 0.496 e. The number of benzene rings is 1. The maximum absolute atomic E-state index is 13.0. The predicted molar refractivity (Wildman–Crippen MR) is 97.5 cm³/mol. The molecule has 0 saturated carbocycles. The Hall–Kier alpha value is -2.15. The van der Waals surface area contributed by atoms with Crippen LogP contribution in [-0.4, -0.2) is 27.7 Å². The van der Waals surface area contributed by atoms with Gasteiger partial charge in [-0.15, -0.1) is 0 Å². The van der Waals surface area contributed by atoms with E-state index in [2.05, 4.69) is 45.2 Å². The first-order valence-electron chi connectivity index (χ1n) is 8.16. The van der Waals surface area contributed by atoms with Crippen LogP contribution in [0, 0.1) is 5.41 Å². The maximum atomic E-state index is 13.0. The number of ketones is 1. The van der Waals surface area contributed by atoms with Gasteiger partial charge in [-0.05, 0) is 30.0 Å². The van der Waals surface area contributed by atoms with Gasteiger partial charge >= 0.3 is 0 Å². The molecule has 1 unspecified atom stereocenters. The number of ether oxygens (including phenoxy) is 1. The highest BCUT2D eigenvalue weighted by Gasteiger charge is 2.42. The second-order valence-corrected chi connectivity index (χ2v) is 8.19. The van der Waals surface area contributed by atoms with Crippen LogP contribution in [-0.2, 0) is 4.79 Å². The highest BCUT2D eigenvalue weighted by Crippen LogP contribution is 2.47. The van der Waals surface area contributed by atoms with Gasteiger partial charge in [0, 0.05) is 27.7 Å².